The second-order valence-corrected chi connectivity index (χ2v) is 6.07. The van der Waals surface area contributed by atoms with E-state index in [2.05, 4.69) is 26.6 Å². The number of carboxylic acids is 1. The molecule has 1 aromatic rings. The van der Waals surface area contributed by atoms with Crippen LogP contribution >= 0.6 is 15.9 Å². The minimum absolute atomic E-state index is 0.113. The van der Waals surface area contributed by atoms with Gasteiger partial charge in [0.05, 0.1) is 12.1 Å². The maximum atomic E-state index is 11.8. The summed E-state index contributed by atoms with van der Waals surface area (Å²) in [5.41, 5.74) is 0.419. The summed E-state index contributed by atoms with van der Waals surface area (Å²) >= 11 is 3.35. The van der Waals surface area contributed by atoms with Gasteiger partial charge in [-0.15, -0.1) is 0 Å². The van der Waals surface area contributed by atoms with Crippen molar-refractivity contribution in [1.29, 1.82) is 0 Å². The molecule has 1 aromatic carbocycles. The van der Waals surface area contributed by atoms with Crippen molar-refractivity contribution in [1.82, 2.24) is 5.32 Å². The predicted octanol–water partition coefficient (Wildman–Crippen LogP) is 3.22. The Kier molecular flexibility index (Phi) is 4.65. The van der Waals surface area contributed by atoms with Crippen LogP contribution in [0.1, 0.15) is 25.7 Å². The first kappa shape index (κ1) is 14.8. The molecule has 0 aromatic heterocycles. The van der Waals surface area contributed by atoms with Gasteiger partial charge >= 0.3 is 12.0 Å². The van der Waals surface area contributed by atoms with E-state index in [4.69, 9.17) is 5.11 Å². The molecule has 0 atom stereocenters. The summed E-state index contributed by atoms with van der Waals surface area (Å²) < 4.78 is 0.805. The Morgan fingerprint density at radius 2 is 2.00 bits per heavy atom. The first-order chi connectivity index (χ1) is 9.51. The Morgan fingerprint density at radius 1 is 1.30 bits per heavy atom. The summed E-state index contributed by atoms with van der Waals surface area (Å²) in [4.78, 5) is 22.7. The van der Waals surface area contributed by atoms with E-state index in [0.717, 1.165) is 23.7 Å². The third kappa shape index (κ3) is 3.72. The van der Waals surface area contributed by atoms with Gasteiger partial charge in [-0.3, -0.25) is 4.79 Å². The number of hydrogen-bond acceptors (Lipinski definition) is 2. The molecule has 1 saturated carbocycles. The molecular weight excluding hydrogens is 324 g/mol. The average Bonchev–Trinajstić information content (AvgIpc) is 2.35. The lowest BCUT2D eigenvalue weighted by atomic mass is 9.66. The van der Waals surface area contributed by atoms with Crippen molar-refractivity contribution in [2.45, 2.75) is 25.7 Å². The number of rotatable bonds is 5. The van der Waals surface area contributed by atoms with Crippen molar-refractivity contribution in [3.8, 4) is 0 Å². The maximum Gasteiger partial charge on any atom is 0.319 e. The summed E-state index contributed by atoms with van der Waals surface area (Å²) in [6.07, 6.45) is 2.85. The maximum absolute atomic E-state index is 11.8. The highest BCUT2D eigenvalue weighted by Gasteiger charge is 2.39. The fraction of sp³-hybridized carbons (Fsp3) is 0.429. The summed E-state index contributed by atoms with van der Waals surface area (Å²) in [5, 5.41) is 14.4. The number of nitrogens with one attached hydrogen (secondary N) is 2. The van der Waals surface area contributed by atoms with Gasteiger partial charge in [0.15, 0.2) is 0 Å². The molecule has 0 radical (unpaired) electrons. The van der Waals surface area contributed by atoms with E-state index in [1.807, 2.05) is 18.2 Å². The van der Waals surface area contributed by atoms with Crippen molar-refractivity contribution < 1.29 is 14.7 Å². The number of carboxylic acid groups (broad SMARTS) is 1. The number of benzene rings is 1. The van der Waals surface area contributed by atoms with Crippen LogP contribution in [0.3, 0.4) is 0 Å². The van der Waals surface area contributed by atoms with Gasteiger partial charge in [-0.05, 0) is 46.3 Å². The van der Waals surface area contributed by atoms with Gasteiger partial charge < -0.3 is 15.7 Å². The quantitative estimate of drug-likeness (QED) is 0.769. The lowest BCUT2D eigenvalue weighted by Gasteiger charge is -2.40. The zero-order valence-corrected chi connectivity index (χ0v) is 12.6. The van der Waals surface area contributed by atoms with E-state index in [-0.39, 0.29) is 17.9 Å². The summed E-state index contributed by atoms with van der Waals surface area (Å²) in [7, 11) is 0. The topological polar surface area (TPSA) is 78.4 Å². The standard InChI is InChI=1S/C14H17BrN2O3/c15-10-4-1-2-5-11(10)17-13(20)16-9-14(6-3-7-14)8-12(18)19/h1-2,4-5H,3,6-9H2,(H,18,19)(H2,16,17,20). The van der Waals surface area contributed by atoms with Crippen LogP contribution in [0.4, 0.5) is 10.5 Å². The molecule has 0 spiro atoms. The van der Waals surface area contributed by atoms with Crippen LogP contribution in [0.15, 0.2) is 28.7 Å². The Labute approximate surface area is 125 Å². The average molecular weight is 341 g/mol. The molecule has 0 aliphatic heterocycles. The molecule has 0 saturated heterocycles. The molecule has 0 bridgehead atoms. The summed E-state index contributed by atoms with van der Waals surface area (Å²) in [6.45, 7) is 0.398. The van der Waals surface area contributed by atoms with Crippen LogP contribution in [0.25, 0.3) is 0 Å². The number of halogens is 1. The van der Waals surface area contributed by atoms with Gasteiger partial charge in [0.2, 0.25) is 0 Å². The highest BCUT2D eigenvalue weighted by atomic mass is 79.9. The molecule has 0 unspecified atom stereocenters. The minimum atomic E-state index is -0.808. The van der Waals surface area contributed by atoms with Crippen molar-refractivity contribution in [2.24, 2.45) is 5.41 Å². The minimum Gasteiger partial charge on any atom is -0.481 e. The van der Waals surface area contributed by atoms with E-state index in [1.165, 1.54) is 0 Å². The molecular formula is C14H17BrN2O3. The summed E-state index contributed by atoms with van der Waals surface area (Å²) in [6, 6.07) is 7.02. The molecule has 6 heteroatoms. The Bertz CT molecular complexity index is 515. The van der Waals surface area contributed by atoms with Crippen molar-refractivity contribution in [3.05, 3.63) is 28.7 Å². The number of aliphatic carboxylic acids is 1. The lowest BCUT2D eigenvalue weighted by molar-refractivity contribution is -0.141. The third-order valence-electron chi connectivity index (χ3n) is 3.69. The Hall–Kier alpha value is -1.56. The SMILES string of the molecule is O=C(O)CC1(CNC(=O)Nc2ccccc2Br)CCC1. The van der Waals surface area contributed by atoms with Crippen LogP contribution in [-0.4, -0.2) is 23.7 Å². The zero-order chi connectivity index (χ0) is 14.6. The normalized spacial score (nSPS) is 16.1. The van der Waals surface area contributed by atoms with E-state index in [0.29, 0.717) is 12.2 Å². The fourth-order valence-electron chi connectivity index (χ4n) is 2.41. The van der Waals surface area contributed by atoms with Crippen molar-refractivity contribution >= 4 is 33.6 Å². The molecule has 2 rings (SSSR count). The summed E-state index contributed by atoms with van der Waals surface area (Å²) in [5.74, 6) is -0.808. The van der Waals surface area contributed by atoms with Gasteiger partial charge in [-0.1, -0.05) is 18.6 Å². The Balaban J connectivity index is 1.86. The largest absolute Gasteiger partial charge is 0.481 e. The molecule has 1 aliphatic carbocycles. The van der Waals surface area contributed by atoms with Crippen LogP contribution < -0.4 is 10.6 Å². The van der Waals surface area contributed by atoms with Crippen molar-refractivity contribution in [2.75, 3.05) is 11.9 Å². The first-order valence-corrected chi connectivity index (χ1v) is 7.31. The van der Waals surface area contributed by atoms with E-state index >= 15 is 0 Å². The lowest BCUT2D eigenvalue weighted by Crippen LogP contribution is -2.44. The number of amides is 2. The van der Waals surface area contributed by atoms with Gasteiger partial charge in [-0.25, -0.2) is 4.79 Å². The molecule has 2 amide bonds. The third-order valence-corrected chi connectivity index (χ3v) is 4.38. The van der Waals surface area contributed by atoms with E-state index < -0.39 is 5.97 Å². The highest BCUT2D eigenvalue weighted by Crippen LogP contribution is 2.43. The molecule has 5 nitrogen and oxygen atoms in total. The molecule has 1 aliphatic rings. The highest BCUT2D eigenvalue weighted by molar-refractivity contribution is 9.10. The van der Waals surface area contributed by atoms with E-state index in [1.54, 1.807) is 6.07 Å². The fourth-order valence-corrected chi connectivity index (χ4v) is 2.79. The number of urea groups is 1. The number of para-hydroxylation sites is 1. The molecule has 3 N–H and O–H groups in total. The molecule has 1 fully saturated rings. The predicted molar refractivity (Wildman–Crippen MR) is 79.7 cm³/mol. The number of hydrogen-bond donors (Lipinski definition) is 3. The monoisotopic (exact) mass is 340 g/mol. The van der Waals surface area contributed by atoms with Crippen LogP contribution in [0.5, 0.6) is 0 Å². The smallest absolute Gasteiger partial charge is 0.319 e. The van der Waals surface area contributed by atoms with Crippen molar-refractivity contribution in [3.63, 3.8) is 0 Å². The Morgan fingerprint density at radius 3 is 2.55 bits per heavy atom. The van der Waals surface area contributed by atoms with Gasteiger partial charge in [0.1, 0.15) is 0 Å². The first-order valence-electron chi connectivity index (χ1n) is 6.52. The molecule has 0 heterocycles. The van der Waals surface area contributed by atoms with Gasteiger partial charge in [0.25, 0.3) is 0 Å². The van der Waals surface area contributed by atoms with Crippen LogP contribution in [0.2, 0.25) is 0 Å². The van der Waals surface area contributed by atoms with Gasteiger partial charge in [-0.2, -0.15) is 0 Å². The van der Waals surface area contributed by atoms with E-state index in [9.17, 15) is 9.59 Å². The second-order valence-electron chi connectivity index (χ2n) is 5.21. The molecule has 20 heavy (non-hydrogen) atoms. The number of carbonyl (C=O) groups is 2. The second kappa shape index (κ2) is 6.26. The number of carbonyl (C=O) groups excluding carboxylic acids is 1. The zero-order valence-electron chi connectivity index (χ0n) is 11.0. The molecule has 108 valence electrons. The van der Waals surface area contributed by atoms with Gasteiger partial charge in [0, 0.05) is 11.0 Å². The van der Waals surface area contributed by atoms with Crippen LogP contribution in [0, 0.1) is 5.41 Å². The number of anilines is 1. The van der Waals surface area contributed by atoms with Crippen LogP contribution in [-0.2, 0) is 4.79 Å².